The number of aliphatic hydroxyl groups excluding tert-OH is 1. The van der Waals surface area contributed by atoms with Crippen LogP contribution < -0.4 is 5.32 Å². The fraction of sp³-hybridized carbons (Fsp3) is 0.364. The van der Waals surface area contributed by atoms with Crippen LogP contribution in [0.3, 0.4) is 0 Å². The largest absolute Gasteiger partial charge is 0.478 e. The first kappa shape index (κ1) is 14.5. The third kappa shape index (κ3) is 3.71. The first-order valence-corrected chi connectivity index (χ1v) is 7.10. The SMILES string of the molecule is C[C@H](O)CNc1ccc(C(=O)O)cc1S(C)(=O)=O. The van der Waals surface area contributed by atoms with Gasteiger partial charge >= 0.3 is 5.97 Å². The first-order valence-electron chi connectivity index (χ1n) is 5.21. The van der Waals surface area contributed by atoms with Gasteiger partial charge in [0.1, 0.15) is 0 Å². The van der Waals surface area contributed by atoms with Crippen molar-refractivity contribution in [3.8, 4) is 0 Å². The highest BCUT2D eigenvalue weighted by Crippen LogP contribution is 2.22. The summed E-state index contributed by atoms with van der Waals surface area (Å²) in [6.07, 6.45) is 0.359. The van der Waals surface area contributed by atoms with Crippen LogP contribution in [0.25, 0.3) is 0 Å². The molecular formula is C11H15NO5S. The van der Waals surface area contributed by atoms with Gasteiger partial charge in [-0.2, -0.15) is 0 Å². The maximum Gasteiger partial charge on any atom is 0.335 e. The van der Waals surface area contributed by atoms with E-state index in [0.29, 0.717) is 0 Å². The van der Waals surface area contributed by atoms with Gasteiger partial charge in [-0.3, -0.25) is 0 Å². The van der Waals surface area contributed by atoms with Gasteiger partial charge in [0.25, 0.3) is 0 Å². The average Bonchev–Trinajstić information content (AvgIpc) is 2.24. The molecule has 1 atom stereocenters. The number of hydrogen-bond acceptors (Lipinski definition) is 5. The molecule has 0 saturated heterocycles. The van der Waals surface area contributed by atoms with Gasteiger partial charge in [0.15, 0.2) is 9.84 Å². The number of carboxylic acids is 1. The second kappa shape index (κ2) is 5.36. The van der Waals surface area contributed by atoms with E-state index >= 15 is 0 Å². The number of carboxylic acid groups (broad SMARTS) is 1. The van der Waals surface area contributed by atoms with Gasteiger partial charge in [0.2, 0.25) is 0 Å². The lowest BCUT2D eigenvalue weighted by Crippen LogP contribution is -2.17. The van der Waals surface area contributed by atoms with Crippen molar-refractivity contribution in [2.45, 2.75) is 17.9 Å². The van der Waals surface area contributed by atoms with E-state index < -0.39 is 21.9 Å². The molecule has 18 heavy (non-hydrogen) atoms. The second-order valence-electron chi connectivity index (χ2n) is 4.02. The molecule has 0 aromatic heterocycles. The zero-order chi connectivity index (χ0) is 13.9. The van der Waals surface area contributed by atoms with E-state index in [2.05, 4.69) is 5.32 Å². The molecule has 0 bridgehead atoms. The fourth-order valence-electron chi connectivity index (χ4n) is 1.37. The van der Waals surface area contributed by atoms with Crippen LogP contribution in [0.5, 0.6) is 0 Å². The van der Waals surface area contributed by atoms with Gasteiger partial charge in [-0.25, -0.2) is 13.2 Å². The van der Waals surface area contributed by atoms with Gasteiger partial charge in [0, 0.05) is 12.8 Å². The molecule has 1 aromatic carbocycles. The standard InChI is InChI=1S/C11H15NO5S/c1-7(13)6-12-9-4-3-8(11(14)15)5-10(9)18(2,16)17/h3-5,7,12-13H,6H2,1-2H3,(H,14,15)/t7-/m0/s1. The molecular weight excluding hydrogens is 258 g/mol. The Balaban J connectivity index is 3.22. The van der Waals surface area contributed by atoms with Crippen LogP contribution in [-0.2, 0) is 9.84 Å². The molecule has 6 nitrogen and oxygen atoms in total. The number of sulfone groups is 1. The number of benzene rings is 1. The summed E-state index contributed by atoms with van der Waals surface area (Å²) in [4.78, 5) is 10.7. The van der Waals surface area contributed by atoms with Crippen LogP contribution in [0, 0.1) is 0 Å². The van der Waals surface area contributed by atoms with Crippen molar-refractivity contribution in [1.82, 2.24) is 0 Å². The Labute approximate surface area is 105 Å². The minimum Gasteiger partial charge on any atom is -0.478 e. The van der Waals surface area contributed by atoms with E-state index in [4.69, 9.17) is 10.2 Å². The third-order valence-electron chi connectivity index (χ3n) is 2.22. The zero-order valence-corrected chi connectivity index (χ0v) is 10.9. The van der Waals surface area contributed by atoms with Crippen LogP contribution in [-0.4, -0.2) is 43.5 Å². The van der Waals surface area contributed by atoms with E-state index in [1.54, 1.807) is 6.92 Å². The number of nitrogens with one attached hydrogen (secondary N) is 1. The highest BCUT2D eigenvalue weighted by molar-refractivity contribution is 7.90. The summed E-state index contributed by atoms with van der Waals surface area (Å²) in [7, 11) is -3.54. The van der Waals surface area contributed by atoms with E-state index in [0.717, 1.165) is 12.3 Å². The van der Waals surface area contributed by atoms with Crippen molar-refractivity contribution >= 4 is 21.5 Å². The number of aliphatic hydroxyl groups is 1. The molecule has 0 aliphatic carbocycles. The smallest absolute Gasteiger partial charge is 0.335 e. The molecule has 0 fully saturated rings. The van der Waals surface area contributed by atoms with Gasteiger partial charge in [-0.05, 0) is 25.1 Å². The minimum absolute atomic E-state index is 0.0944. The molecule has 0 spiro atoms. The van der Waals surface area contributed by atoms with Crippen LogP contribution in [0.2, 0.25) is 0 Å². The van der Waals surface area contributed by atoms with Crippen LogP contribution in [0.15, 0.2) is 23.1 Å². The number of anilines is 1. The zero-order valence-electron chi connectivity index (χ0n) is 10.0. The van der Waals surface area contributed by atoms with Crippen molar-refractivity contribution < 1.29 is 23.4 Å². The van der Waals surface area contributed by atoms with Gasteiger partial charge < -0.3 is 15.5 Å². The summed E-state index contributed by atoms with van der Waals surface area (Å²) in [5.74, 6) is -1.19. The quantitative estimate of drug-likeness (QED) is 0.725. The molecule has 3 N–H and O–H groups in total. The van der Waals surface area contributed by atoms with Crippen molar-refractivity contribution in [3.63, 3.8) is 0 Å². The molecule has 0 unspecified atom stereocenters. The summed E-state index contributed by atoms with van der Waals surface area (Å²) < 4.78 is 23.2. The Morgan fingerprint density at radius 3 is 2.50 bits per heavy atom. The fourth-order valence-corrected chi connectivity index (χ4v) is 2.25. The molecule has 0 heterocycles. The molecule has 0 aliphatic heterocycles. The average molecular weight is 273 g/mol. The lowest BCUT2D eigenvalue weighted by molar-refractivity contribution is 0.0696. The Morgan fingerprint density at radius 2 is 2.06 bits per heavy atom. The number of carbonyl (C=O) groups is 1. The predicted molar refractivity (Wildman–Crippen MR) is 66.7 cm³/mol. The van der Waals surface area contributed by atoms with E-state index in [1.807, 2.05) is 0 Å². The Kier molecular flexibility index (Phi) is 4.31. The van der Waals surface area contributed by atoms with Gasteiger partial charge in [0.05, 0.1) is 22.3 Å². The number of hydrogen-bond donors (Lipinski definition) is 3. The monoisotopic (exact) mass is 273 g/mol. The van der Waals surface area contributed by atoms with Crippen molar-refractivity contribution in [3.05, 3.63) is 23.8 Å². The van der Waals surface area contributed by atoms with Crippen LogP contribution >= 0.6 is 0 Å². The van der Waals surface area contributed by atoms with Crippen LogP contribution in [0.1, 0.15) is 17.3 Å². The minimum atomic E-state index is -3.54. The van der Waals surface area contributed by atoms with E-state index in [9.17, 15) is 13.2 Å². The molecule has 0 amide bonds. The molecule has 1 aromatic rings. The summed E-state index contributed by atoms with van der Waals surface area (Å²) in [6, 6.07) is 3.78. The summed E-state index contributed by atoms with van der Waals surface area (Å²) >= 11 is 0. The molecule has 0 aliphatic rings. The maximum atomic E-state index is 11.6. The molecule has 7 heteroatoms. The number of rotatable bonds is 5. The summed E-state index contributed by atoms with van der Waals surface area (Å²) in [6.45, 7) is 1.73. The molecule has 1 rings (SSSR count). The molecule has 0 saturated carbocycles. The molecule has 0 radical (unpaired) electrons. The molecule has 100 valence electrons. The lowest BCUT2D eigenvalue weighted by atomic mass is 10.2. The van der Waals surface area contributed by atoms with E-state index in [1.165, 1.54) is 12.1 Å². The normalized spacial score (nSPS) is 13.1. The predicted octanol–water partition coefficient (Wildman–Crippen LogP) is 0.581. The highest BCUT2D eigenvalue weighted by atomic mass is 32.2. The van der Waals surface area contributed by atoms with Crippen molar-refractivity contribution in [1.29, 1.82) is 0 Å². The highest BCUT2D eigenvalue weighted by Gasteiger charge is 2.16. The topological polar surface area (TPSA) is 104 Å². The Bertz CT molecular complexity index is 551. The third-order valence-corrected chi connectivity index (χ3v) is 3.35. The number of aromatic carboxylic acids is 1. The maximum absolute atomic E-state index is 11.6. The Hall–Kier alpha value is -1.60. The van der Waals surface area contributed by atoms with Crippen LogP contribution in [0.4, 0.5) is 5.69 Å². The first-order chi connectivity index (χ1) is 8.21. The van der Waals surface area contributed by atoms with Crippen molar-refractivity contribution in [2.24, 2.45) is 0 Å². The summed E-state index contributed by atoms with van der Waals surface area (Å²) in [5.41, 5.74) is 0.182. The summed E-state index contributed by atoms with van der Waals surface area (Å²) in [5, 5.41) is 20.7. The lowest BCUT2D eigenvalue weighted by Gasteiger charge is -2.12. The van der Waals surface area contributed by atoms with Crippen molar-refractivity contribution in [2.75, 3.05) is 18.1 Å². The second-order valence-corrected chi connectivity index (χ2v) is 6.00. The Morgan fingerprint density at radius 1 is 1.44 bits per heavy atom. The van der Waals surface area contributed by atoms with E-state index in [-0.39, 0.29) is 22.7 Å². The van der Waals surface area contributed by atoms with Gasteiger partial charge in [-0.1, -0.05) is 0 Å². The van der Waals surface area contributed by atoms with Gasteiger partial charge in [-0.15, -0.1) is 0 Å².